The topological polar surface area (TPSA) is 55.6 Å². The van der Waals surface area contributed by atoms with Crippen molar-refractivity contribution in [3.63, 3.8) is 0 Å². The van der Waals surface area contributed by atoms with E-state index < -0.39 is 0 Å². The highest BCUT2D eigenvalue weighted by molar-refractivity contribution is 5.94. The fourth-order valence-electron chi connectivity index (χ4n) is 2.93. The van der Waals surface area contributed by atoms with Crippen LogP contribution in [-0.2, 0) is 0 Å². The highest BCUT2D eigenvalue weighted by atomic mass is 16.5. The van der Waals surface area contributed by atoms with Crippen LogP contribution in [0.1, 0.15) is 16.8 Å². The van der Waals surface area contributed by atoms with E-state index in [1.54, 1.807) is 17.2 Å². The Hall–Kier alpha value is -2.82. The van der Waals surface area contributed by atoms with Gasteiger partial charge < -0.3 is 14.1 Å². The summed E-state index contributed by atoms with van der Waals surface area (Å²) in [5.41, 5.74) is 1.44. The minimum Gasteiger partial charge on any atom is -0.486 e. The molecule has 0 N–H and O–H groups in total. The lowest BCUT2D eigenvalue weighted by atomic mass is 10.2. The number of para-hydroxylation sites is 1. The summed E-state index contributed by atoms with van der Waals surface area (Å²) in [6.45, 7) is 1.26. The fraction of sp³-hybridized carbons (Fsp3) is 0.222. The number of fused-ring (bicyclic) bond motifs is 1. The largest absolute Gasteiger partial charge is 0.486 e. The van der Waals surface area contributed by atoms with E-state index in [-0.39, 0.29) is 12.0 Å². The van der Waals surface area contributed by atoms with Gasteiger partial charge in [0.1, 0.15) is 23.6 Å². The lowest BCUT2D eigenvalue weighted by molar-refractivity contribution is 0.0772. The number of carbonyl (C=O) groups is 1. The van der Waals surface area contributed by atoms with Crippen LogP contribution in [0.15, 0.2) is 59.5 Å². The molecule has 0 aliphatic carbocycles. The maximum atomic E-state index is 12.3. The minimum atomic E-state index is -0.0153. The van der Waals surface area contributed by atoms with E-state index in [1.807, 2.05) is 30.3 Å². The van der Waals surface area contributed by atoms with Crippen LogP contribution >= 0.6 is 0 Å². The zero-order valence-electron chi connectivity index (χ0n) is 12.5. The Morgan fingerprint density at radius 2 is 2.17 bits per heavy atom. The molecule has 1 saturated heterocycles. The van der Waals surface area contributed by atoms with Gasteiger partial charge in [0.2, 0.25) is 0 Å². The van der Waals surface area contributed by atoms with Crippen LogP contribution in [0.5, 0.6) is 5.75 Å². The molecule has 116 valence electrons. The van der Waals surface area contributed by atoms with E-state index in [0.717, 1.165) is 23.1 Å². The van der Waals surface area contributed by atoms with Crippen molar-refractivity contribution >= 4 is 16.8 Å². The zero-order valence-corrected chi connectivity index (χ0v) is 12.5. The first-order chi connectivity index (χ1) is 11.3. The summed E-state index contributed by atoms with van der Waals surface area (Å²) in [4.78, 5) is 18.5. The molecule has 3 heterocycles. The Labute approximate surface area is 133 Å². The molecule has 23 heavy (non-hydrogen) atoms. The van der Waals surface area contributed by atoms with Gasteiger partial charge in [0, 0.05) is 24.5 Å². The molecule has 2 aromatic heterocycles. The van der Waals surface area contributed by atoms with Gasteiger partial charge in [0.05, 0.1) is 18.4 Å². The summed E-state index contributed by atoms with van der Waals surface area (Å²) in [6.07, 6.45) is 5.55. The number of carbonyl (C=O) groups excluding carboxylic acids is 1. The van der Waals surface area contributed by atoms with Crippen molar-refractivity contribution in [2.24, 2.45) is 0 Å². The first kappa shape index (κ1) is 13.8. The number of amides is 1. The molecule has 1 amide bonds. The van der Waals surface area contributed by atoms with Crippen molar-refractivity contribution in [2.45, 2.75) is 12.5 Å². The van der Waals surface area contributed by atoms with Crippen molar-refractivity contribution < 1.29 is 13.9 Å². The lowest BCUT2D eigenvalue weighted by Crippen LogP contribution is -2.30. The van der Waals surface area contributed by atoms with Crippen LogP contribution in [-0.4, -0.2) is 35.0 Å². The molecular formula is C18H16N2O3. The van der Waals surface area contributed by atoms with Crippen LogP contribution in [0.4, 0.5) is 0 Å². The van der Waals surface area contributed by atoms with Gasteiger partial charge in [-0.2, -0.15) is 0 Å². The Bertz CT molecular complexity index is 824. The van der Waals surface area contributed by atoms with Gasteiger partial charge >= 0.3 is 0 Å². The number of furan rings is 1. The van der Waals surface area contributed by atoms with Crippen LogP contribution in [0.3, 0.4) is 0 Å². The number of aromatic nitrogens is 1. The number of likely N-dealkylation sites (tertiary alicyclic amines) is 1. The summed E-state index contributed by atoms with van der Waals surface area (Å²) in [5.74, 6) is 0.756. The third-order valence-corrected chi connectivity index (χ3v) is 4.09. The van der Waals surface area contributed by atoms with E-state index >= 15 is 0 Å². The van der Waals surface area contributed by atoms with Crippen LogP contribution in [0.25, 0.3) is 10.9 Å². The zero-order chi connectivity index (χ0) is 15.6. The fourth-order valence-corrected chi connectivity index (χ4v) is 2.93. The maximum Gasteiger partial charge on any atom is 0.257 e. The highest BCUT2D eigenvalue weighted by Gasteiger charge is 2.29. The number of rotatable bonds is 3. The third kappa shape index (κ3) is 2.65. The molecule has 4 rings (SSSR count). The molecule has 1 fully saturated rings. The van der Waals surface area contributed by atoms with Gasteiger partial charge in [-0.3, -0.25) is 9.78 Å². The molecule has 3 aromatic rings. The summed E-state index contributed by atoms with van der Waals surface area (Å²) < 4.78 is 11.1. The second-order valence-electron chi connectivity index (χ2n) is 5.62. The molecule has 0 spiro atoms. The molecule has 1 atom stereocenters. The predicted octanol–water partition coefficient (Wildman–Crippen LogP) is 3.12. The number of ether oxygens (including phenoxy) is 1. The van der Waals surface area contributed by atoms with Gasteiger partial charge in [0.15, 0.2) is 0 Å². The first-order valence-electron chi connectivity index (χ1n) is 7.63. The number of benzene rings is 1. The van der Waals surface area contributed by atoms with Crippen molar-refractivity contribution in [1.29, 1.82) is 0 Å². The molecule has 1 aromatic carbocycles. The Balaban J connectivity index is 1.49. The summed E-state index contributed by atoms with van der Waals surface area (Å²) in [5, 5.41) is 1.05. The Kier molecular flexibility index (Phi) is 3.46. The van der Waals surface area contributed by atoms with Gasteiger partial charge in [0.25, 0.3) is 5.91 Å². The van der Waals surface area contributed by atoms with E-state index in [1.165, 1.54) is 12.5 Å². The molecule has 0 radical (unpaired) electrons. The van der Waals surface area contributed by atoms with Crippen LogP contribution in [0, 0.1) is 0 Å². The molecule has 1 aliphatic heterocycles. The highest BCUT2D eigenvalue weighted by Crippen LogP contribution is 2.26. The first-order valence-corrected chi connectivity index (χ1v) is 7.63. The van der Waals surface area contributed by atoms with E-state index in [0.29, 0.717) is 18.7 Å². The molecule has 5 heteroatoms. The minimum absolute atomic E-state index is 0.0131. The van der Waals surface area contributed by atoms with E-state index in [4.69, 9.17) is 9.15 Å². The number of pyridine rings is 1. The van der Waals surface area contributed by atoms with Gasteiger partial charge in [-0.1, -0.05) is 18.2 Å². The molecule has 0 unspecified atom stereocenters. The molecule has 5 nitrogen and oxygen atoms in total. The standard InChI is InChI=1S/C18H16N2O3/c21-18(14-7-10-22-12-14)20-9-6-15(11-20)23-16-5-1-3-13-4-2-8-19-17(13)16/h1-5,7-8,10,12,15H,6,9,11H2/t15-/m1/s1. The molecule has 0 bridgehead atoms. The predicted molar refractivity (Wildman–Crippen MR) is 85.4 cm³/mol. The maximum absolute atomic E-state index is 12.3. The lowest BCUT2D eigenvalue weighted by Gasteiger charge is -2.17. The number of hydrogen-bond acceptors (Lipinski definition) is 4. The average molecular weight is 308 g/mol. The van der Waals surface area contributed by atoms with Crippen molar-refractivity contribution in [3.8, 4) is 5.75 Å². The van der Waals surface area contributed by atoms with E-state index in [9.17, 15) is 4.79 Å². The van der Waals surface area contributed by atoms with Gasteiger partial charge in [-0.25, -0.2) is 0 Å². The van der Waals surface area contributed by atoms with Crippen molar-refractivity contribution in [3.05, 3.63) is 60.7 Å². The van der Waals surface area contributed by atoms with Crippen LogP contribution in [0.2, 0.25) is 0 Å². The quantitative estimate of drug-likeness (QED) is 0.746. The smallest absolute Gasteiger partial charge is 0.257 e. The Morgan fingerprint density at radius 3 is 3.04 bits per heavy atom. The summed E-state index contributed by atoms with van der Waals surface area (Å²) in [7, 11) is 0. The molecule has 0 saturated carbocycles. The second kappa shape index (κ2) is 5.76. The monoisotopic (exact) mass is 308 g/mol. The number of nitrogens with zero attached hydrogens (tertiary/aromatic N) is 2. The Morgan fingerprint density at radius 1 is 1.26 bits per heavy atom. The SMILES string of the molecule is O=C(c1ccoc1)N1CC[C@@H](Oc2cccc3cccnc23)C1. The van der Waals surface area contributed by atoms with Gasteiger partial charge in [-0.15, -0.1) is 0 Å². The summed E-state index contributed by atoms with van der Waals surface area (Å²) in [6, 6.07) is 11.5. The van der Waals surface area contributed by atoms with Crippen molar-refractivity contribution in [2.75, 3.05) is 13.1 Å². The van der Waals surface area contributed by atoms with Gasteiger partial charge in [-0.05, 0) is 18.2 Å². The molecular weight excluding hydrogens is 292 g/mol. The van der Waals surface area contributed by atoms with E-state index in [2.05, 4.69) is 4.98 Å². The second-order valence-corrected chi connectivity index (χ2v) is 5.62. The summed E-state index contributed by atoms with van der Waals surface area (Å²) >= 11 is 0. The molecule has 1 aliphatic rings. The normalized spacial score (nSPS) is 17.6. The number of hydrogen-bond donors (Lipinski definition) is 0. The third-order valence-electron chi connectivity index (χ3n) is 4.09. The van der Waals surface area contributed by atoms with Crippen LogP contribution < -0.4 is 4.74 Å². The van der Waals surface area contributed by atoms with Crippen molar-refractivity contribution in [1.82, 2.24) is 9.88 Å². The average Bonchev–Trinajstić information content (AvgIpc) is 3.27.